The van der Waals surface area contributed by atoms with Gasteiger partial charge >= 0.3 is 0 Å². The van der Waals surface area contributed by atoms with E-state index in [1.807, 2.05) is 20.0 Å². The maximum atomic E-state index is 13.0. The van der Waals surface area contributed by atoms with E-state index in [0.29, 0.717) is 21.8 Å². The van der Waals surface area contributed by atoms with E-state index in [9.17, 15) is 8.42 Å². The molecule has 1 aliphatic heterocycles. The first kappa shape index (κ1) is 17.2. The number of rotatable bonds is 3. The van der Waals surface area contributed by atoms with Crippen molar-refractivity contribution in [2.75, 3.05) is 26.7 Å². The maximum Gasteiger partial charge on any atom is 0.244 e. The van der Waals surface area contributed by atoms with Crippen molar-refractivity contribution in [3.05, 3.63) is 28.2 Å². The monoisotopic (exact) mass is 394 g/mol. The van der Waals surface area contributed by atoms with E-state index in [1.165, 1.54) is 0 Å². The average molecular weight is 396 g/mol. The Hall–Kier alpha value is -0.140. The third kappa shape index (κ3) is 3.79. The van der Waals surface area contributed by atoms with Gasteiger partial charge in [0.1, 0.15) is 0 Å². The van der Waals surface area contributed by atoms with Crippen molar-refractivity contribution in [1.29, 1.82) is 0 Å². The smallest absolute Gasteiger partial charge is 0.244 e. The van der Waals surface area contributed by atoms with Gasteiger partial charge in [0.05, 0.1) is 4.90 Å². The molecule has 0 radical (unpaired) electrons. The van der Waals surface area contributed by atoms with E-state index in [2.05, 4.69) is 20.8 Å². The molecule has 0 aromatic heterocycles. The standard InChI is InChI=1S/C14H20BrClN2O2S/c1-11-10-17(2)6-3-7-18(11)21(19,20)14-8-12(9-16)4-5-13(14)15/h4-5,8,11H,3,6-7,9-10H2,1-2H3. The predicted octanol–water partition coefficient (Wildman–Crippen LogP) is 2.90. The van der Waals surface area contributed by atoms with Gasteiger partial charge in [0, 0.05) is 29.5 Å². The summed E-state index contributed by atoms with van der Waals surface area (Å²) >= 11 is 9.18. The number of hydrogen-bond acceptors (Lipinski definition) is 3. The first-order valence-corrected chi connectivity index (χ1v) is 9.68. The molecule has 0 bridgehead atoms. The van der Waals surface area contributed by atoms with Crippen LogP contribution < -0.4 is 0 Å². The Bertz CT molecular complexity index is 609. The van der Waals surface area contributed by atoms with Crippen LogP contribution in [0.2, 0.25) is 0 Å². The first-order chi connectivity index (χ1) is 9.86. The lowest BCUT2D eigenvalue weighted by Crippen LogP contribution is -2.42. The fourth-order valence-corrected chi connectivity index (χ4v) is 5.47. The Balaban J connectivity index is 2.41. The quantitative estimate of drug-likeness (QED) is 0.739. The molecule has 7 heteroatoms. The summed E-state index contributed by atoms with van der Waals surface area (Å²) in [5.74, 6) is 0.300. The second-order valence-electron chi connectivity index (χ2n) is 5.48. The van der Waals surface area contributed by atoms with Crippen LogP contribution in [0.3, 0.4) is 0 Å². The number of sulfonamides is 1. The summed E-state index contributed by atoms with van der Waals surface area (Å²) in [6.07, 6.45) is 0.840. The van der Waals surface area contributed by atoms with Crippen molar-refractivity contribution < 1.29 is 8.42 Å². The van der Waals surface area contributed by atoms with E-state index in [-0.39, 0.29) is 6.04 Å². The summed E-state index contributed by atoms with van der Waals surface area (Å²) in [7, 11) is -1.50. The summed E-state index contributed by atoms with van der Waals surface area (Å²) < 4.78 is 28.2. The summed E-state index contributed by atoms with van der Waals surface area (Å²) in [5.41, 5.74) is 0.804. The van der Waals surface area contributed by atoms with Crippen LogP contribution in [0.15, 0.2) is 27.6 Å². The number of likely N-dealkylation sites (N-methyl/N-ethyl adjacent to an activating group) is 1. The Morgan fingerprint density at radius 1 is 1.38 bits per heavy atom. The van der Waals surface area contributed by atoms with Crippen LogP contribution in [0.25, 0.3) is 0 Å². The van der Waals surface area contributed by atoms with Crippen molar-refractivity contribution in [3.63, 3.8) is 0 Å². The van der Waals surface area contributed by atoms with Crippen LogP contribution in [0.1, 0.15) is 18.9 Å². The molecule has 1 aromatic rings. The van der Waals surface area contributed by atoms with Crippen LogP contribution in [0, 0.1) is 0 Å². The van der Waals surface area contributed by atoms with Gasteiger partial charge in [-0.1, -0.05) is 6.07 Å². The maximum absolute atomic E-state index is 13.0. The largest absolute Gasteiger partial charge is 0.305 e. The van der Waals surface area contributed by atoms with E-state index in [0.717, 1.165) is 25.1 Å². The van der Waals surface area contributed by atoms with Crippen molar-refractivity contribution in [3.8, 4) is 0 Å². The van der Waals surface area contributed by atoms with Crippen LogP contribution in [-0.4, -0.2) is 50.3 Å². The van der Waals surface area contributed by atoms with Crippen molar-refractivity contribution in [1.82, 2.24) is 9.21 Å². The summed E-state index contributed by atoms with van der Waals surface area (Å²) in [5, 5.41) is 0. The normalized spacial score (nSPS) is 22.2. The van der Waals surface area contributed by atoms with E-state index in [4.69, 9.17) is 11.6 Å². The molecule has 21 heavy (non-hydrogen) atoms. The second-order valence-corrected chi connectivity index (χ2v) is 8.46. The van der Waals surface area contributed by atoms with Gasteiger partial charge in [0.15, 0.2) is 0 Å². The van der Waals surface area contributed by atoms with Crippen LogP contribution >= 0.6 is 27.5 Å². The number of hydrogen-bond donors (Lipinski definition) is 0. The minimum absolute atomic E-state index is 0.0472. The lowest BCUT2D eigenvalue weighted by Gasteiger charge is -2.27. The summed E-state index contributed by atoms with van der Waals surface area (Å²) in [4.78, 5) is 2.47. The van der Waals surface area contributed by atoms with Crippen molar-refractivity contribution in [2.24, 2.45) is 0 Å². The first-order valence-electron chi connectivity index (χ1n) is 6.91. The molecule has 118 valence electrons. The molecule has 1 unspecified atom stereocenters. The van der Waals surface area contributed by atoms with Crippen molar-refractivity contribution >= 4 is 37.6 Å². The van der Waals surface area contributed by atoms with Crippen molar-refractivity contribution in [2.45, 2.75) is 30.2 Å². The van der Waals surface area contributed by atoms with Gasteiger partial charge in [-0.25, -0.2) is 8.42 Å². The molecule has 1 aliphatic rings. The van der Waals surface area contributed by atoms with Gasteiger partial charge < -0.3 is 4.90 Å². The molecule has 1 saturated heterocycles. The molecular weight excluding hydrogens is 376 g/mol. The lowest BCUT2D eigenvalue weighted by atomic mass is 10.2. The fraction of sp³-hybridized carbons (Fsp3) is 0.571. The highest BCUT2D eigenvalue weighted by Crippen LogP contribution is 2.29. The highest BCUT2D eigenvalue weighted by Gasteiger charge is 2.32. The molecule has 1 fully saturated rings. The molecule has 0 N–H and O–H groups in total. The molecule has 0 aliphatic carbocycles. The van der Waals surface area contributed by atoms with E-state index < -0.39 is 10.0 Å². The average Bonchev–Trinajstić information content (AvgIpc) is 2.60. The molecule has 0 spiro atoms. The fourth-order valence-electron chi connectivity index (χ4n) is 2.66. The third-order valence-electron chi connectivity index (χ3n) is 3.72. The number of halogens is 2. The van der Waals surface area contributed by atoms with Gasteiger partial charge in [-0.2, -0.15) is 4.31 Å². The molecule has 0 saturated carbocycles. The molecule has 1 heterocycles. The number of alkyl halides is 1. The van der Waals surface area contributed by atoms with Gasteiger partial charge in [-0.15, -0.1) is 11.6 Å². The molecule has 1 atom stereocenters. The lowest BCUT2D eigenvalue weighted by molar-refractivity contribution is 0.290. The van der Waals surface area contributed by atoms with Crippen LogP contribution in [0.4, 0.5) is 0 Å². The SMILES string of the molecule is CC1CN(C)CCCN1S(=O)(=O)c1cc(CCl)ccc1Br. The number of nitrogens with zero attached hydrogens (tertiary/aromatic N) is 2. The topological polar surface area (TPSA) is 40.6 Å². The van der Waals surface area contributed by atoms with E-state index in [1.54, 1.807) is 16.4 Å². The molecule has 1 aromatic carbocycles. The summed E-state index contributed by atoms with van der Waals surface area (Å²) in [6.45, 7) is 4.16. The zero-order valence-corrected chi connectivity index (χ0v) is 15.4. The Labute approximate surface area is 140 Å². The molecular formula is C14H20BrClN2O2S. The Kier molecular flexibility index (Phi) is 5.71. The van der Waals surface area contributed by atoms with Gasteiger partial charge in [-0.3, -0.25) is 0 Å². The zero-order chi connectivity index (χ0) is 15.6. The minimum atomic E-state index is -3.52. The molecule has 4 nitrogen and oxygen atoms in total. The highest BCUT2D eigenvalue weighted by atomic mass is 79.9. The zero-order valence-electron chi connectivity index (χ0n) is 12.2. The molecule has 0 amide bonds. The van der Waals surface area contributed by atoms with Crippen LogP contribution in [-0.2, 0) is 15.9 Å². The molecule has 2 rings (SSSR count). The number of benzene rings is 1. The highest BCUT2D eigenvalue weighted by molar-refractivity contribution is 9.10. The van der Waals surface area contributed by atoms with Gasteiger partial charge in [0.25, 0.3) is 0 Å². The van der Waals surface area contributed by atoms with E-state index >= 15 is 0 Å². The summed E-state index contributed by atoms with van der Waals surface area (Å²) in [6, 6.07) is 5.19. The van der Waals surface area contributed by atoms with Gasteiger partial charge in [0.2, 0.25) is 10.0 Å². The third-order valence-corrected chi connectivity index (χ3v) is 7.04. The van der Waals surface area contributed by atoms with Crippen LogP contribution in [0.5, 0.6) is 0 Å². The van der Waals surface area contributed by atoms with Gasteiger partial charge in [-0.05, 0) is 60.6 Å². The predicted molar refractivity (Wildman–Crippen MR) is 89.2 cm³/mol. The Morgan fingerprint density at radius 3 is 2.76 bits per heavy atom. The Morgan fingerprint density at radius 2 is 2.10 bits per heavy atom. The minimum Gasteiger partial charge on any atom is -0.305 e. The second kappa shape index (κ2) is 6.96.